The zero-order valence-electron chi connectivity index (χ0n) is 12.1. The van der Waals surface area contributed by atoms with Gasteiger partial charge in [-0.25, -0.2) is 4.39 Å². The quantitative estimate of drug-likeness (QED) is 0.902. The number of aliphatic hydroxyl groups is 1. The first-order chi connectivity index (χ1) is 9.13. The van der Waals surface area contributed by atoms with E-state index < -0.39 is 0 Å². The number of benzene rings is 1. The third-order valence-corrected chi connectivity index (χ3v) is 4.01. The number of rotatable bonds is 5. The Kier molecular flexibility index (Phi) is 7.49. The van der Waals surface area contributed by atoms with Crippen LogP contribution in [0.3, 0.4) is 0 Å². The molecule has 0 bridgehead atoms. The molecule has 1 aliphatic heterocycles. The van der Waals surface area contributed by atoms with Gasteiger partial charge in [0.2, 0.25) is 0 Å². The predicted octanol–water partition coefficient (Wildman–Crippen LogP) is 3.27. The Bertz CT molecular complexity index is 375. The minimum Gasteiger partial charge on any atom is -0.393 e. The lowest BCUT2D eigenvalue weighted by atomic mass is 9.90. The molecule has 2 rings (SSSR count). The molecule has 1 saturated heterocycles. The molecule has 1 fully saturated rings. The molecule has 114 valence electrons. The highest BCUT2D eigenvalue weighted by Gasteiger charge is 2.19. The number of aliphatic hydroxyl groups excluding tert-OH is 1. The van der Waals surface area contributed by atoms with Gasteiger partial charge in [0.25, 0.3) is 0 Å². The van der Waals surface area contributed by atoms with E-state index in [0.717, 1.165) is 32.5 Å². The third-order valence-electron chi connectivity index (χ3n) is 4.01. The van der Waals surface area contributed by atoms with Crippen molar-refractivity contribution in [3.8, 4) is 0 Å². The molecule has 20 heavy (non-hydrogen) atoms. The number of nitrogens with zero attached hydrogens (tertiary/aromatic N) is 1. The summed E-state index contributed by atoms with van der Waals surface area (Å²) >= 11 is 0. The van der Waals surface area contributed by atoms with E-state index in [-0.39, 0.29) is 24.3 Å². The number of halogens is 2. The highest BCUT2D eigenvalue weighted by molar-refractivity contribution is 5.85. The van der Waals surface area contributed by atoms with Gasteiger partial charge in [-0.15, -0.1) is 12.4 Å². The summed E-state index contributed by atoms with van der Waals surface area (Å²) in [5.74, 6) is 0.560. The van der Waals surface area contributed by atoms with Gasteiger partial charge in [-0.05, 0) is 69.3 Å². The fourth-order valence-electron chi connectivity index (χ4n) is 2.74. The molecular formula is C16H25ClFNO. The van der Waals surface area contributed by atoms with Crippen LogP contribution in [0.15, 0.2) is 24.3 Å². The summed E-state index contributed by atoms with van der Waals surface area (Å²) in [6, 6.07) is 6.89. The van der Waals surface area contributed by atoms with Crippen molar-refractivity contribution in [1.29, 1.82) is 0 Å². The van der Waals surface area contributed by atoms with E-state index >= 15 is 0 Å². The van der Waals surface area contributed by atoms with Gasteiger partial charge in [-0.2, -0.15) is 0 Å². The molecule has 0 saturated carbocycles. The number of hydrogen-bond donors (Lipinski definition) is 1. The van der Waals surface area contributed by atoms with E-state index in [1.807, 2.05) is 19.1 Å². The average molecular weight is 302 g/mol. The summed E-state index contributed by atoms with van der Waals surface area (Å²) in [6.45, 7) is 5.10. The van der Waals surface area contributed by atoms with Crippen molar-refractivity contribution in [1.82, 2.24) is 4.90 Å². The maximum atomic E-state index is 12.8. The summed E-state index contributed by atoms with van der Waals surface area (Å²) in [5, 5.41) is 9.29. The van der Waals surface area contributed by atoms with Crippen LogP contribution in [0.4, 0.5) is 4.39 Å². The average Bonchev–Trinajstić information content (AvgIpc) is 2.40. The van der Waals surface area contributed by atoms with Crippen LogP contribution in [0.5, 0.6) is 0 Å². The Morgan fingerprint density at radius 3 is 2.40 bits per heavy atom. The molecule has 0 aliphatic carbocycles. The molecule has 0 radical (unpaired) electrons. The molecule has 2 nitrogen and oxygen atoms in total. The first kappa shape index (κ1) is 17.4. The first-order valence-corrected chi connectivity index (χ1v) is 7.28. The number of likely N-dealkylation sites (tertiary alicyclic amines) is 1. The van der Waals surface area contributed by atoms with Crippen LogP contribution >= 0.6 is 12.4 Å². The van der Waals surface area contributed by atoms with E-state index in [1.54, 1.807) is 12.1 Å². The van der Waals surface area contributed by atoms with Crippen molar-refractivity contribution in [2.24, 2.45) is 5.92 Å². The zero-order chi connectivity index (χ0) is 13.7. The van der Waals surface area contributed by atoms with Gasteiger partial charge in [0.05, 0.1) is 6.10 Å². The third kappa shape index (κ3) is 5.78. The van der Waals surface area contributed by atoms with Crippen molar-refractivity contribution in [2.45, 2.75) is 38.7 Å². The van der Waals surface area contributed by atoms with Gasteiger partial charge in [-0.3, -0.25) is 0 Å². The van der Waals surface area contributed by atoms with Crippen molar-refractivity contribution < 1.29 is 9.50 Å². The van der Waals surface area contributed by atoms with E-state index in [9.17, 15) is 9.50 Å². The maximum absolute atomic E-state index is 12.8. The predicted molar refractivity (Wildman–Crippen MR) is 82.8 cm³/mol. The van der Waals surface area contributed by atoms with Crippen LogP contribution in [-0.2, 0) is 6.42 Å². The van der Waals surface area contributed by atoms with Crippen LogP contribution in [0.2, 0.25) is 0 Å². The van der Waals surface area contributed by atoms with Gasteiger partial charge in [0.15, 0.2) is 0 Å². The molecule has 0 aromatic heterocycles. The normalized spacial score (nSPS) is 18.6. The molecule has 1 heterocycles. The van der Waals surface area contributed by atoms with Gasteiger partial charge >= 0.3 is 0 Å². The van der Waals surface area contributed by atoms with Crippen LogP contribution in [0, 0.1) is 11.7 Å². The van der Waals surface area contributed by atoms with Crippen molar-refractivity contribution in [3.63, 3.8) is 0 Å². The SMILES string of the molecule is CC(O)CCN1CCC(Cc2ccc(F)cc2)CC1.Cl. The number of piperidine rings is 1. The summed E-state index contributed by atoms with van der Waals surface area (Å²) in [5.41, 5.74) is 1.24. The minimum atomic E-state index is -0.197. The lowest BCUT2D eigenvalue weighted by Crippen LogP contribution is -2.35. The summed E-state index contributed by atoms with van der Waals surface area (Å²) in [7, 11) is 0. The van der Waals surface area contributed by atoms with E-state index in [4.69, 9.17) is 0 Å². The van der Waals surface area contributed by atoms with Crippen molar-refractivity contribution in [3.05, 3.63) is 35.6 Å². The van der Waals surface area contributed by atoms with Crippen LogP contribution in [-0.4, -0.2) is 35.7 Å². The van der Waals surface area contributed by atoms with Gasteiger partial charge in [0.1, 0.15) is 5.82 Å². The van der Waals surface area contributed by atoms with Crippen LogP contribution in [0.25, 0.3) is 0 Å². The van der Waals surface area contributed by atoms with E-state index in [0.29, 0.717) is 5.92 Å². The summed E-state index contributed by atoms with van der Waals surface area (Å²) < 4.78 is 12.8. The molecule has 1 atom stereocenters. The molecule has 1 aliphatic rings. The highest BCUT2D eigenvalue weighted by Crippen LogP contribution is 2.22. The molecule has 0 amide bonds. The standard InChI is InChI=1S/C16H24FNO.ClH/c1-13(19)6-9-18-10-7-15(8-11-18)12-14-2-4-16(17)5-3-14;/h2-5,13,15,19H,6-12H2,1H3;1H. The molecule has 0 spiro atoms. The monoisotopic (exact) mass is 301 g/mol. The Balaban J connectivity index is 0.00000200. The topological polar surface area (TPSA) is 23.5 Å². The number of hydrogen-bond acceptors (Lipinski definition) is 2. The second-order valence-electron chi connectivity index (χ2n) is 5.75. The lowest BCUT2D eigenvalue weighted by molar-refractivity contribution is 0.133. The molecule has 1 N–H and O–H groups in total. The van der Waals surface area contributed by atoms with Gasteiger partial charge in [0, 0.05) is 6.54 Å². The second kappa shape index (κ2) is 8.60. The molecule has 4 heteroatoms. The molecule has 1 unspecified atom stereocenters. The fourth-order valence-corrected chi connectivity index (χ4v) is 2.74. The first-order valence-electron chi connectivity index (χ1n) is 7.28. The van der Waals surface area contributed by atoms with E-state index in [2.05, 4.69) is 4.90 Å². The van der Waals surface area contributed by atoms with Gasteiger partial charge < -0.3 is 10.0 Å². The maximum Gasteiger partial charge on any atom is 0.123 e. The summed E-state index contributed by atoms with van der Waals surface area (Å²) in [6.07, 6.45) is 4.14. The Morgan fingerprint density at radius 1 is 1.25 bits per heavy atom. The molecule has 1 aromatic carbocycles. The van der Waals surface area contributed by atoms with E-state index in [1.165, 1.54) is 18.4 Å². The smallest absolute Gasteiger partial charge is 0.123 e. The van der Waals surface area contributed by atoms with Gasteiger partial charge in [-0.1, -0.05) is 12.1 Å². The second-order valence-corrected chi connectivity index (χ2v) is 5.75. The van der Waals surface area contributed by atoms with Crippen LogP contribution < -0.4 is 0 Å². The summed E-state index contributed by atoms with van der Waals surface area (Å²) in [4.78, 5) is 2.44. The molecular weight excluding hydrogens is 277 g/mol. The highest BCUT2D eigenvalue weighted by atomic mass is 35.5. The largest absolute Gasteiger partial charge is 0.393 e. The Morgan fingerprint density at radius 2 is 1.85 bits per heavy atom. The Hall–Kier alpha value is -0.640. The fraction of sp³-hybridized carbons (Fsp3) is 0.625. The van der Waals surface area contributed by atoms with Crippen molar-refractivity contribution in [2.75, 3.05) is 19.6 Å². The minimum absolute atomic E-state index is 0. The molecule has 1 aromatic rings. The van der Waals surface area contributed by atoms with Crippen LogP contribution in [0.1, 0.15) is 31.7 Å². The Labute approximate surface area is 127 Å². The zero-order valence-corrected chi connectivity index (χ0v) is 12.9. The van der Waals surface area contributed by atoms with Crippen molar-refractivity contribution >= 4 is 12.4 Å². The lowest BCUT2D eigenvalue weighted by Gasteiger charge is -2.32.